The minimum absolute atomic E-state index is 0. The zero-order valence-corrected chi connectivity index (χ0v) is 15.9. The molecule has 0 bridgehead atoms. The molecule has 6 heteroatoms. The Bertz CT molecular complexity index is 599. The van der Waals surface area contributed by atoms with E-state index in [-0.39, 0.29) is 23.9 Å². The summed E-state index contributed by atoms with van der Waals surface area (Å²) < 4.78 is 6.04. The van der Waals surface area contributed by atoms with Gasteiger partial charge in [0.2, 0.25) is 0 Å². The van der Waals surface area contributed by atoms with Crippen molar-refractivity contribution in [1.82, 2.24) is 10.2 Å². The quantitative estimate of drug-likeness (QED) is 0.858. The van der Waals surface area contributed by atoms with Gasteiger partial charge in [0.1, 0.15) is 0 Å². The number of rotatable bonds is 3. The number of aliphatic hydroxyl groups is 1. The van der Waals surface area contributed by atoms with Crippen LogP contribution in [0.15, 0.2) is 24.3 Å². The normalized spacial score (nSPS) is 25.2. The van der Waals surface area contributed by atoms with Crippen LogP contribution >= 0.6 is 12.4 Å². The number of benzene rings is 1. The van der Waals surface area contributed by atoms with E-state index in [1.807, 2.05) is 31.2 Å². The van der Waals surface area contributed by atoms with Gasteiger partial charge in [-0.3, -0.25) is 4.79 Å². The molecule has 0 saturated carbocycles. The molecule has 5 nitrogen and oxygen atoms in total. The Balaban J connectivity index is 0.00000225. The fourth-order valence-electron chi connectivity index (χ4n) is 4.05. The van der Waals surface area contributed by atoms with Gasteiger partial charge >= 0.3 is 0 Å². The minimum atomic E-state index is -0.871. The first-order valence-electron chi connectivity index (χ1n) is 8.81. The number of hydrogen-bond donors (Lipinski definition) is 2. The Morgan fingerprint density at radius 2 is 2.04 bits per heavy atom. The van der Waals surface area contributed by atoms with Crippen LogP contribution in [0.3, 0.4) is 0 Å². The monoisotopic (exact) mass is 368 g/mol. The highest BCUT2D eigenvalue weighted by Gasteiger charge is 2.46. The van der Waals surface area contributed by atoms with E-state index in [1.54, 1.807) is 11.9 Å². The van der Waals surface area contributed by atoms with Gasteiger partial charge in [-0.2, -0.15) is 0 Å². The number of hydrogen-bond acceptors (Lipinski definition) is 4. The van der Waals surface area contributed by atoms with Gasteiger partial charge in [0, 0.05) is 32.0 Å². The summed E-state index contributed by atoms with van der Waals surface area (Å²) in [7, 11) is 1.77. The summed E-state index contributed by atoms with van der Waals surface area (Å²) in [6.07, 6.45) is 3.02. The van der Waals surface area contributed by atoms with Crippen molar-refractivity contribution < 1.29 is 14.6 Å². The van der Waals surface area contributed by atoms with Crippen molar-refractivity contribution in [2.45, 2.75) is 43.8 Å². The van der Waals surface area contributed by atoms with Crippen molar-refractivity contribution in [3.8, 4) is 0 Å². The number of amides is 1. The average Bonchev–Trinajstić information content (AvgIpc) is 2.54. The van der Waals surface area contributed by atoms with Crippen LogP contribution in [-0.2, 0) is 4.74 Å². The lowest BCUT2D eigenvalue weighted by Crippen LogP contribution is -2.57. The summed E-state index contributed by atoms with van der Waals surface area (Å²) in [5.74, 6) is -0.0435. The summed E-state index contributed by atoms with van der Waals surface area (Å²) in [5.41, 5.74) is 0.632. The Hall–Kier alpha value is -1.14. The molecule has 2 aliphatic heterocycles. The molecule has 2 saturated heterocycles. The van der Waals surface area contributed by atoms with Gasteiger partial charge in [0.15, 0.2) is 0 Å². The maximum Gasteiger partial charge on any atom is 0.253 e. The molecule has 25 heavy (non-hydrogen) atoms. The van der Waals surface area contributed by atoms with Crippen LogP contribution in [0.25, 0.3) is 0 Å². The molecule has 1 aromatic rings. The van der Waals surface area contributed by atoms with E-state index < -0.39 is 5.60 Å². The molecule has 1 unspecified atom stereocenters. The molecule has 1 amide bonds. The van der Waals surface area contributed by atoms with Crippen molar-refractivity contribution in [2.24, 2.45) is 0 Å². The van der Waals surface area contributed by atoms with Crippen LogP contribution in [0.1, 0.15) is 41.6 Å². The van der Waals surface area contributed by atoms with Crippen molar-refractivity contribution in [3.05, 3.63) is 35.4 Å². The topological polar surface area (TPSA) is 61.8 Å². The number of nitrogens with one attached hydrogen (secondary N) is 1. The first kappa shape index (κ1) is 20.2. The Labute approximate surface area is 156 Å². The zero-order valence-electron chi connectivity index (χ0n) is 15.1. The summed E-state index contributed by atoms with van der Waals surface area (Å²) in [4.78, 5) is 14.3. The maximum atomic E-state index is 12.7. The van der Waals surface area contributed by atoms with E-state index in [1.165, 1.54) is 0 Å². The number of carbonyl (C=O) groups excluding carboxylic acids is 1. The third kappa shape index (κ3) is 4.73. The highest BCUT2D eigenvalue weighted by Crippen LogP contribution is 2.38. The Morgan fingerprint density at radius 1 is 1.32 bits per heavy atom. The number of aryl methyl sites for hydroxylation is 1. The summed E-state index contributed by atoms with van der Waals surface area (Å²) in [6, 6.07) is 7.59. The van der Waals surface area contributed by atoms with Gasteiger partial charge in [0.05, 0.1) is 17.8 Å². The van der Waals surface area contributed by atoms with E-state index in [2.05, 4.69) is 5.32 Å². The number of likely N-dealkylation sites (N-methyl/N-ethyl adjacent to an activating group) is 1. The van der Waals surface area contributed by atoms with Crippen LogP contribution < -0.4 is 5.32 Å². The third-order valence-corrected chi connectivity index (χ3v) is 5.28. The summed E-state index contributed by atoms with van der Waals surface area (Å²) in [5, 5.41) is 14.5. The highest BCUT2D eigenvalue weighted by molar-refractivity contribution is 5.94. The molecule has 0 aromatic heterocycles. The van der Waals surface area contributed by atoms with Crippen LogP contribution in [-0.4, -0.2) is 60.4 Å². The third-order valence-electron chi connectivity index (χ3n) is 5.28. The van der Waals surface area contributed by atoms with Gasteiger partial charge in [-0.1, -0.05) is 17.7 Å². The minimum Gasteiger partial charge on any atom is -0.388 e. The lowest BCUT2D eigenvalue weighted by Gasteiger charge is -2.48. The fourth-order valence-corrected chi connectivity index (χ4v) is 4.05. The van der Waals surface area contributed by atoms with Crippen LogP contribution in [0.5, 0.6) is 0 Å². The second-order valence-electron chi connectivity index (χ2n) is 7.46. The molecule has 1 atom stereocenters. The van der Waals surface area contributed by atoms with E-state index in [9.17, 15) is 9.90 Å². The molecular weight excluding hydrogens is 340 g/mol. The second-order valence-corrected chi connectivity index (χ2v) is 7.46. The molecule has 1 spiro atoms. The first-order valence-corrected chi connectivity index (χ1v) is 8.81. The number of nitrogens with zero attached hydrogens (tertiary/aromatic N) is 1. The first-order chi connectivity index (χ1) is 11.4. The molecule has 2 N–H and O–H groups in total. The molecule has 140 valence electrons. The summed E-state index contributed by atoms with van der Waals surface area (Å²) >= 11 is 0. The zero-order chi connectivity index (χ0) is 17.2. The highest BCUT2D eigenvalue weighted by atomic mass is 35.5. The smallest absolute Gasteiger partial charge is 0.253 e. The maximum absolute atomic E-state index is 12.7. The molecule has 1 aromatic carbocycles. The van der Waals surface area contributed by atoms with Crippen LogP contribution in [0.2, 0.25) is 0 Å². The Kier molecular flexibility index (Phi) is 6.49. The predicted octanol–water partition coefficient (Wildman–Crippen LogP) is 2.15. The van der Waals surface area contributed by atoms with Crippen molar-refractivity contribution in [1.29, 1.82) is 0 Å². The number of ether oxygens (including phenoxy) is 1. The van der Waals surface area contributed by atoms with Gasteiger partial charge in [0.25, 0.3) is 5.91 Å². The molecule has 3 rings (SSSR count). The lowest BCUT2D eigenvalue weighted by molar-refractivity contribution is -0.173. The molecular formula is C19H29ClN2O3. The van der Waals surface area contributed by atoms with Gasteiger partial charge in [-0.25, -0.2) is 0 Å². The van der Waals surface area contributed by atoms with E-state index in [0.717, 1.165) is 31.5 Å². The van der Waals surface area contributed by atoms with Crippen LogP contribution in [0.4, 0.5) is 0 Å². The van der Waals surface area contributed by atoms with E-state index >= 15 is 0 Å². The van der Waals surface area contributed by atoms with Crippen molar-refractivity contribution >= 4 is 18.3 Å². The van der Waals surface area contributed by atoms with E-state index in [0.29, 0.717) is 31.6 Å². The number of carbonyl (C=O) groups is 1. The SMILES string of the molecule is Cc1cccc(C(=O)N(C)CC2(O)CCOC3(CCNCC3)C2)c1.Cl. The Morgan fingerprint density at radius 3 is 2.72 bits per heavy atom. The fraction of sp³-hybridized carbons (Fsp3) is 0.632. The molecule has 0 aliphatic carbocycles. The second kappa shape index (κ2) is 8.04. The summed E-state index contributed by atoms with van der Waals surface area (Å²) in [6.45, 7) is 4.73. The molecule has 0 radical (unpaired) electrons. The molecule has 2 heterocycles. The standard InChI is InChI=1S/C19H28N2O3.ClH/c1-15-4-3-5-16(12-15)17(22)21(2)14-18(23)8-11-24-19(13-18)6-9-20-10-7-19;/h3-5,12,20,23H,6-11,13-14H2,1-2H3;1H. The average molecular weight is 369 g/mol. The number of halogens is 1. The van der Waals surface area contributed by atoms with Gasteiger partial charge < -0.3 is 20.1 Å². The predicted molar refractivity (Wildman–Crippen MR) is 100 cm³/mol. The largest absolute Gasteiger partial charge is 0.388 e. The molecule has 2 aliphatic rings. The number of piperidine rings is 1. The van der Waals surface area contributed by atoms with Gasteiger partial charge in [-0.05, 0) is 45.0 Å². The van der Waals surface area contributed by atoms with Crippen molar-refractivity contribution in [3.63, 3.8) is 0 Å². The van der Waals surface area contributed by atoms with Crippen LogP contribution in [0, 0.1) is 6.92 Å². The van der Waals surface area contributed by atoms with Crippen molar-refractivity contribution in [2.75, 3.05) is 33.3 Å². The lowest BCUT2D eigenvalue weighted by atomic mass is 9.77. The molecule has 2 fully saturated rings. The van der Waals surface area contributed by atoms with Gasteiger partial charge in [-0.15, -0.1) is 12.4 Å². The van der Waals surface area contributed by atoms with E-state index in [4.69, 9.17) is 4.74 Å².